The van der Waals surface area contributed by atoms with E-state index in [0.29, 0.717) is 6.61 Å². The van der Waals surface area contributed by atoms with Crippen molar-refractivity contribution in [3.63, 3.8) is 0 Å². The fourth-order valence-electron chi connectivity index (χ4n) is 2.49. The standard InChI is InChI=1S/C20H26N2O2/c1-5-24-19-12-10-18(11-13-19)17-8-6-16(7-9-17)14-15(2)21-20(23)22(3)4/h6-13,15H,5,14H2,1-4H3,(H,21,23). The zero-order valence-corrected chi connectivity index (χ0v) is 14.9. The van der Waals surface area contributed by atoms with E-state index in [2.05, 4.69) is 41.7 Å². The Morgan fingerprint density at radius 1 is 1.04 bits per heavy atom. The summed E-state index contributed by atoms with van der Waals surface area (Å²) in [5.74, 6) is 0.892. The van der Waals surface area contributed by atoms with Crippen LogP contribution in [-0.4, -0.2) is 37.7 Å². The van der Waals surface area contributed by atoms with Crippen LogP contribution < -0.4 is 10.1 Å². The van der Waals surface area contributed by atoms with Crippen molar-refractivity contribution >= 4 is 6.03 Å². The van der Waals surface area contributed by atoms with Crippen molar-refractivity contribution in [3.05, 3.63) is 54.1 Å². The fraction of sp³-hybridized carbons (Fsp3) is 0.350. The summed E-state index contributed by atoms with van der Waals surface area (Å²) < 4.78 is 5.47. The van der Waals surface area contributed by atoms with E-state index in [-0.39, 0.29) is 12.1 Å². The van der Waals surface area contributed by atoms with Gasteiger partial charge in [0.15, 0.2) is 0 Å². The van der Waals surface area contributed by atoms with Gasteiger partial charge in [-0.3, -0.25) is 0 Å². The number of benzene rings is 2. The van der Waals surface area contributed by atoms with E-state index in [0.717, 1.165) is 12.2 Å². The van der Waals surface area contributed by atoms with Gasteiger partial charge in [-0.2, -0.15) is 0 Å². The van der Waals surface area contributed by atoms with Gasteiger partial charge in [-0.05, 0) is 49.1 Å². The summed E-state index contributed by atoms with van der Waals surface area (Å²) in [5.41, 5.74) is 3.54. The third-order valence-corrected chi connectivity index (χ3v) is 3.77. The van der Waals surface area contributed by atoms with E-state index >= 15 is 0 Å². The van der Waals surface area contributed by atoms with Crippen LogP contribution in [0.2, 0.25) is 0 Å². The van der Waals surface area contributed by atoms with Crippen LogP contribution in [0.15, 0.2) is 48.5 Å². The van der Waals surface area contributed by atoms with Crippen LogP contribution in [0.5, 0.6) is 5.75 Å². The minimum Gasteiger partial charge on any atom is -0.494 e. The van der Waals surface area contributed by atoms with Gasteiger partial charge in [0.2, 0.25) is 0 Å². The van der Waals surface area contributed by atoms with Crippen molar-refractivity contribution in [1.29, 1.82) is 0 Å². The average molecular weight is 326 g/mol. The second-order valence-electron chi connectivity index (χ2n) is 6.10. The van der Waals surface area contributed by atoms with Gasteiger partial charge in [-0.25, -0.2) is 4.79 Å². The van der Waals surface area contributed by atoms with Crippen molar-refractivity contribution < 1.29 is 9.53 Å². The molecule has 1 unspecified atom stereocenters. The Labute approximate surface area is 144 Å². The number of nitrogens with zero attached hydrogens (tertiary/aromatic N) is 1. The summed E-state index contributed by atoms with van der Waals surface area (Å²) in [6, 6.07) is 16.6. The molecular weight excluding hydrogens is 300 g/mol. The van der Waals surface area contributed by atoms with E-state index in [1.165, 1.54) is 16.7 Å². The van der Waals surface area contributed by atoms with Gasteiger partial charge in [-0.15, -0.1) is 0 Å². The maximum absolute atomic E-state index is 11.7. The molecule has 0 aliphatic rings. The van der Waals surface area contributed by atoms with E-state index in [9.17, 15) is 4.79 Å². The second-order valence-corrected chi connectivity index (χ2v) is 6.10. The van der Waals surface area contributed by atoms with Gasteiger partial charge >= 0.3 is 6.03 Å². The topological polar surface area (TPSA) is 41.6 Å². The number of carbonyl (C=O) groups excluding carboxylic acids is 1. The van der Waals surface area contributed by atoms with Crippen LogP contribution in [-0.2, 0) is 6.42 Å². The molecule has 4 heteroatoms. The lowest BCUT2D eigenvalue weighted by atomic mass is 10.0. The molecule has 0 saturated heterocycles. The van der Waals surface area contributed by atoms with Crippen LogP contribution in [0.3, 0.4) is 0 Å². The molecule has 2 amide bonds. The number of amides is 2. The number of hydrogen-bond acceptors (Lipinski definition) is 2. The molecular formula is C20H26N2O2. The molecule has 0 radical (unpaired) electrons. The van der Waals surface area contributed by atoms with Crippen molar-refractivity contribution in [1.82, 2.24) is 10.2 Å². The minimum absolute atomic E-state index is 0.0616. The van der Waals surface area contributed by atoms with Crippen molar-refractivity contribution in [2.45, 2.75) is 26.3 Å². The summed E-state index contributed by atoms with van der Waals surface area (Å²) in [4.78, 5) is 13.2. The molecule has 0 aliphatic carbocycles. The van der Waals surface area contributed by atoms with E-state index in [1.54, 1.807) is 19.0 Å². The molecule has 1 atom stereocenters. The van der Waals surface area contributed by atoms with E-state index < -0.39 is 0 Å². The van der Waals surface area contributed by atoms with Crippen LogP contribution in [0.4, 0.5) is 4.79 Å². The molecule has 2 aromatic rings. The highest BCUT2D eigenvalue weighted by molar-refractivity contribution is 5.73. The number of hydrogen-bond donors (Lipinski definition) is 1. The van der Waals surface area contributed by atoms with Gasteiger partial charge in [-0.1, -0.05) is 36.4 Å². The molecule has 0 aliphatic heterocycles. The zero-order chi connectivity index (χ0) is 17.5. The second kappa shape index (κ2) is 8.39. The highest BCUT2D eigenvalue weighted by Crippen LogP contribution is 2.23. The molecule has 24 heavy (non-hydrogen) atoms. The Morgan fingerprint density at radius 2 is 1.58 bits per heavy atom. The Morgan fingerprint density at radius 3 is 2.08 bits per heavy atom. The zero-order valence-electron chi connectivity index (χ0n) is 14.9. The molecule has 2 rings (SSSR count). The van der Waals surface area contributed by atoms with Crippen LogP contribution in [0.1, 0.15) is 19.4 Å². The maximum atomic E-state index is 11.7. The first kappa shape index (κ1) is 17.9. The number of rotatable bonds is 6. The highest BCUT2D eigenvalue weighted by Gasteiger charge is 2.09. The molecule has 1 N–H and O–H groups in total. The first-order chi connectivity index (χ1) is 11.5. The van der Waals surface area contributed by atoms with Gasteiger partial charge < -0.3 is 15.0 Å². The largest absolute Gasteiger partial charge is 0.494 e. The maximum Gasteiger partial charge on any atom is 0.317 e. The first-order valence-electron chi connectivity index (χ1n) is 8.29. The smallest absolute Gasteiger partial charge is 0.317 e. The summed E-state index contributed by atoms with van der Waals surface area (Å²) >= 11 is 0. The number of nitrogens with one attached hydrogen (secondary N) is 1. The molecule has 128 valence electrons. The van der Waals surface area contributed by atoms with E-state index in [1.807, 2.05) is 26.0 Å². The monoisotopic (exact) mass is 326 g/mol. The van der Waals surface area contributed by atoms with Crippen LogP contribution in [0.25, 0.3) is 11.1 Å². The Kier molecular flexibility index (Phi) is 6.24. The van der Waals surface area contributed by atoms with Gasteiger partial charge in [0, 0.05) is 20.1 Å². The van der Waals surface area contributed by atoms with Gasteiger partial charge in [0.25, 0.3) is 0 Å². The number of carbonyl (C=O) groups is 1. The van der Waals surface area contributed by atoms with Crippen molar-refractivity contribution in [2.75, 3.05) is 20.7 Å². The predicted molar refractivity (Wildman–Crippen MR) is 98.4 cm³/mol. The highest BCUT2D eigenvalue weighted by atomic mass is 16.5. The molecule has 0 bridgehead atoms. The van der Waals surface area contributed by atoms with Crippen LogP contribution in [0, 0.1) is 0 Å². The molecule has 2 aromatic carbocycles. The third-order valence-electron chi connectivity index (χ3n) is 3.77. The third kappa shape index (κ3) is 5.01. The lowest BCUT2D eigenvalue weighted by Crippen LogP contribution is -2.40. The van der Waals surface area contributed by atoms with Crippen molar-refractivity contribution in [3.8, 4) is 16.9 Å². The molecule has 0 heterocycles. The van der Waals surface area contributed by atoms with E-state index in [4.69, 9.17) is 4.74 Å². The summed E-state index contributed by atoms with van der Waals surface area (Å²) in [5, 5.41) is 2.97. The number of urea groups is 1. The van der Waals surface area contributed by atoms with Gasteiger partial charge in [0.05, 0.1) is 6.61 Å². The first-order valence-corrected chi connectivity index (χ1v) is 8.29. The average Bonchev–Trinajstić information content (AvgIpc) is 2.56. The minimum atomic E-state index is -0.0616. The Bertz CT molecular complexity index is 648. The SMILES string of the molecule is CCOc1ccc(-c2ccc(CC(C)NC(=O)N(C)C)cc2)cc1. The lowest BCUT2D eigenvalue weighted by Gasteiger charge is -2.18. The van der Waals surface area contributed by atoms with Gasteiger partial charge in [0.1, 0.15) is 5.75 Å². The molecule has 4 nitrogen and oxygen atoms in total. The molecule has 0 aromatic heterocycles. The normalized spacial score (nSPS) is 11.7. The number of ether oxygens (including phenoxy) is 1. The predicted octanol–water partition coefficient (Wildman–Crippen LogP) is 3.95. The molecule has 0 spiro atoms. The van der Waals surface area contributed by atoms with Crippen molar-refractivity contribution in [2.24, 2.45) is 0 Å². The fourth-order valence-corrected chi connectivity index (χ4v) is 2.49. The quantitative estimate of drug-likeness (QED) is 0.873. The summed E-state index contributed by atoms with van der Waals surface area (Å²) in [6.45, 7) is 4.67. The Hall–Kier alpha value is -2.49. The molecule has 0 saturated carbocycles. The summed E-state index contributed by atoms with van der Waals surface area (Å²) in [7, 11) is 3.49. The Balaban J connectivity index is 1.98. The molecule has 0 fully saturated rings. The summed E-state index contributed by atoms with van der Waals surface area (Å²) in [6.07, 6.45) is 0.809. The van der Waals surface area contributed by atoms with Crippen LogP contribution >= 0.6 is 0 Å². The lowest BCUT2D eigenvalue weighted by molar-refractivity contribution is 0.214.